The number of nitrogens with zero attached hydrogens (tertiary/aromatic N) is 4. The van der Waals surface area contributed by atoms with E-state index in [-0.39, 0.29) is 0 Å². The monoisotopic (exact) mass is 347 g/mol. The van der Waals surface area contributed by atoms with Crippen LogP contribution in [0.5, 0.6) is 0 Å². The Balaban J connectivity index is 1.78. The van der Waals surface area contributed by atoms with E-state index in [0.717, 1.165) is 29.1 Å². The number of benzene rings is 1. The molecule has 0 unspecified atom stereocenters. The lowest BCUT2D eigenvalue weighted by Gasteiger charge is -2.21. The van der Waals surface area contributed by atoms with Crippen LogP contribution in [0.3, 0.4) is 0 Å². The van der Waals surface area contributed by atoms with E-state index >= 15 is 0 Å². The van der Waals surface area contributed by atoms with Crippen molar-refractivity contribution in [3.05, 3.63) is 34.9 Å². The summed E-state index contributed by atoms with van der Waals surface area (Å²) in [5, 5.41) is 11.4. The van der Waals surface area contributed by atoms with Gasteiger partial charge in [-0.15, -0.1) is 5.10 Å². The van der Waals surface area contributed by atoms with Crippen molar-refractivity contribution in [2.24, 2.45) is 0 Å². The lowest BCUT2D eigenvalue weighted by molar-refractivity contribution is 0.726. The third-order valence-electron chi connectivity index (χ3n) is 3.60. The molecule has 0 amide bonds. The van der Waals surface area contributed by atoms with E-state index in [2.05, 4.69) is 41.3 Å². The summed E-state index contributed by atoms with van der Waals surface area (Å²) in [6.45, 7) is 2.10. The van der Waals surface area contributed by atoms with Crippen LogP contribution in [0.4, 0.5) is 17.5 Å². The highest BCUT2D eigenvalue weighted by atomic mass is 79.9. The molecule has 0 radical (unpaired) electrons. The molecule has 1 saturated heterocycles. The highest BCUT2D eigenvalue weighted by molar-refractivity contribution is 9.10. The van der Waals surface area contributed by atoms with Crippen molar-refractivity contribution >= 4 is 33.4 Å². The van der Waals surface area contributed by atoms with Gasteiger partial charge in [0.25, 0.3) is 0 Å². The minimum absolute atomic E-state index is 0.531. The van der Waals surface area contributed by atoms with Gasteiger partial charge in [0.15, 0.2) is 5.82 Å². The smallest absolute Gasteiger partial charge is 0.249 e. The van der Waals surface area contributed by atoms with Gasteiger partial charge in [-0.1, -0.05) is 25.0 Å². The Labute approximate surface area is 132 Å². The number of rotatable bonds is 3. The highest BCUT2D eigenvalue weighted by Crippen LogP contribution is 2.24. The maximum absolute atomic E-state index is 4.59. The number of para-hydroxylation sites is 1. The van der Waals surface area contributed by atoms with Crippen molar-refractivity contribution in [2.45, 2.75) is 25.7 Å². The average molecular weight is 348 g/mol. The van der Waals surface area contributed by atoms with Crippen LogP contribution in [-0.4, -0.2) is 28.3 Å². The lowest BCUT2D eigenvalue weighted by Crippen LogP contribution is -2.25. The second-order valence-electron chi connectivity index (χ2n) is 5.14. The summed E-state index contributed by atoms with van der Waals surface area (Å²) < 4.78 is 0.980. The molecular weight excluding hydrogens is 330 g/mol. The standard InChI is InChI=1S/C15H18BrN5/c16-12-7-3-4-8-13(12)18-15-19-14(11-17-20-15)21-9-5-1-2-6-10-21/h3-4,7-8,11H,1-2,5-6,9-10H2,(H,18,19,20). The van der Waals surface area contributed by atoms with E-state index in [9.17, 15) is 0 Å². The number of anilines is 3. The Bertz CT molecular complexity index is 596. The van der Waals surface area contributed by atoms with Crippen LogP contribution in [-0.2, 0) is 0 Å². The molecule has 2 aromatic rings. The molecule has 0 saturated carbocycles. The third-order valence-corrected chi connectivity index (χ3v) is 4.29. The predicted octanol–water partition coefficient (Wildman–Crippen LogP) is 3.76. The minimum Gasteiger partial charge on any atom is -0.355 e. The first-order valence-corrected chi connectivity index (χ1v) is 8.08. The fraction of sp³-hybridized carbons (Fsp3) is 0.400. The number of hydrogen-bond donors (Lipinski definition) is 1. The molecule has 1 aliphatic heterocycles. The molecule has 1 N–H and O–H groups in total. The molecule has 6 heteroatoms. The zero-order chi connectivity index (χ0) is 14.5. The molecule has 0 bridgehead atoms. The summed E-state index contributed by atoms with van der Waals surface area (Å²) in [7, 11) is 0. The lowest BCUT2D eigenvalue weighted by atomic mass is 10.2. The fourth-order valence-electron chi connectivity index (χ4n) is 2.48. The van der Waals surface area contributed by atoms with Gasteiger partial charge in [-0.3, -0.25) is 0 Å². The van der Waals surface area contributed by atoms with Gasteiger partial charge in [-0.25, -0.2) is 0 Å². The first-order valence-electron chi connectivity index (χ1n) is 7.29. The fourth-order valence-corrected chi connectivity index (χ4v) is 2.87. The summed E-state index contributed by atoms with van der Waals surface area (Å²) in [6, 6.07) is 7.90. The molecule has 1 aliphatic rings. The largest absolute Gasteiger partial charge is 0.355 e. The second-order valence-corrected chi connectivity index (χ2v) is 6.00. The van der Waals surface area contributed by atoms with Gasteiger partial charge in [0.2, 0.25) is 5.95 Å². The van der Waals surface area contributed by atoms with Crippen LogP contribution in [0.15, 0.2) is 34.9 Å². The van der Waals surface area contributed by atoms with E-state index in [4.69, 9.17) is 0 Å². The minimum atomic E-state index is 0.531. The molecule has 21 heavy (non-hydrogen) atoms. The van der Waals surface area contributed by atoms with Crippen molar-refractivity contribution in [3.63, 3.8) is 0 Å². The molecule has 1 aromatic carbocycles. The molecule has 5 nitrogen and oxygen atoms in total. The van der Waals surface area contributed by atoms with Crippen molar-refractivity contribution in [2.75, 3.05) is 23.3 Å². The molecule has 3 rings (SSSR count). The predicted molar refractivity (Wildman–Crippen MR) is 87.9 cm³/mol. The van der Waals surface area contributed by atoms with Gasteiger partial charge in [0.05, 0.1) is 11.9 Å². The van der Waals surface area contributed by atoms with Gasteiger partial charge in [0.1, 0.15) is 0 Å². The van der Waals surface area contributed by atoms with Crippen molar-refractivity contribution in [3.8, 4) is 0 Å². The van der Waals surface area contributed by atoms with Crippen molar-refractivity contribution in [1.29, 1.82) is 0 Å². The summed E-state index contributed by atoms with van der Waals surface area (Å²) in [4.78, 5) is 6.89. The van der Waals surface area contributed by atoms with Crippen LogP contribution in [0.25, 0.3) is 0 Å². The topological polar surface area (TPSA) is 53.9 Å². The van der Waals surface area contributed by atoms with Gasteiger partial charge >= 0.3 is 0 Å². The molecule has 2 heterocycles. The van der Waals surface area contributed by atoms with Gasteiger partial charge in [-0.2, -0.15) is 10.1 Å². The number of nitrogens with one attached hydrogen (secondary N) is 1. The normalized spacial score (nSPS) is 15.6. The molecule has 110 valence electrons. The first-order chi connectivity index (χ1) is 10.3. The Hall–Kier alpha value is -1.69. The molecule has 0 spiro atoms. The summed E-state index contributed by atoms with van der Waals surface area (Å²) in [5.74, 6) is 1.44. The van der Waals surface area contributed by atoms with E-state index in [1.54, 1.807) is 6.20 Å². The third kappa shape index (κ3) is 3.69. The Kier molecular flexibility index (Phi) is 4.65. The number of aromatic nitrogens is 3. The molecule has 1 aromatic heterocycles. The summed E-state index contributed by atoms with van der Waals surface area (Å²) in [6.07, 6.45) is 6.79. The van der Waals surface area contributed by atoms with Gasteiger partial charge in [0, 0.05) is 17.6 Å². The van der Waals surface area contributed by atoms with Crippen LogP contribution in [0.1, 0.15) is 25.7 Å². The van der Waals surface area contributed by atoms with Crippen molar-refractivity contribution in [1.82, 2.24) is 15.2 Å². The summed E-state index contributed by atoms with van der Waals surface area (Å²) in [5.41, 5.74) is 0.937. The van der Waals surface area contributed by atoms with Crippen LogP contribution in [0, 0.1) is 0 Å². The van der Waals surface area contributed by atoms with Crippen LogP contribution >= 0.6 is 15.9 Å². The SMILES string of the molecule is Brc1ccccc1Nc1nncc(N2CCCCCC2)n1. The Morgan fingerprint density at radius 1 is 1.05 bits per heavy atom. The van der Waals surface area contributed by atoms with E-state index in [1.165, 1.54) is 25.7 Å². The maximum Gasteiger partial charge on any atom is 0.249 e. The summed E-state index contributed by atoms with van der Waals surface area (Å²) >= 11 is 3.51. The number of halogens is 1. The first kappa shape index (κ1) is 14.3. The quantitative estimate of drug-likeness (QED) is 0.915. The van der Waals surface area contributed by atoms with E-state index in [0.29, 0.717) is 5.95 Å². The molecule has 0 aliphatic carbocycles. The van der Waals surface area contributed by atoms with Gasteiger partial charge < -0.3 is 10.2 Å². The zero-order valence-corrected chi connectivity index (χ0v) is 13.4. The van der Waals surface area contributed by atoms with Gasteiger partial charge in [-0.05, 0) is 40.9 Å². The zero-order valence-electron chi connectivity index (χ0n) is 11.8. The number of hydrogen-bond acceptors (Lipinski definition) is 5. The van der Waals surface area contributed by atoms with Crippen LogP contribution < -0.4 is 10.2 Å². The Morgan fingerprint density at radius 3 is 2.57 bits per heavy atom. The van der Waals surface area contributed by atoms with E-state index < -0.39 is 0 Å². The second kappa shape index (κ2) is 6.85. The van der Waals surface area contributed by atoms with Crippen LogP contribution in [0.2, 0.25) is 0 Å². The highest BCUT2D eigenvalue weighted by Gasteiger charge is 2.12. The Morgan fingerprint density at radius 2 is 1.81 bits per heavy atom. The maximum atomic E-state index is 4.59. The van der Waals surface area contributed by atoms with Crippen molar-refractivity contribution < 1.29 is 0 Å². The molecule has 1 fully saturated rings. The molecular formula is C15H18BrN5. The van der Waals surface area contributed by atoms with E-state index in [1.807, 2.05) is 24.3 Å². The molecule has 0 atom stereocenters. The average Bonchev–Trinajstić information content (AvgIpc) is 2.79.